The molecule has 0 spiro atoms. The molecule has 0 radical (unpaired) electrons. The number of thiol groups is 1. The van der Waals surface area contributed by atoms with Crippen LogP contribution in [-0.4, -0.2) is 40.7 Å². The molecular formula is C38H73NO6S. The van der Waals surface area contributed by atoms with Crippen molar-refractivity contribution >= 4 is 30.5 Å². The molecule has 0 aromatic rings. The molecule has 0 amide bonds. The maximum Gasteiger partial charge on any atom is 0.330 e. The Hall–Kier alpha value is -1.28. The lowest BCUT2D eigenvalue weighted by Crippen LogP contribution is -2.57. The van der Waals surface area contributed by atoms with Crippen molar-refractivity contribution in [3.8, 4) is 0 Å². The van der Waals surface area contributed by atoms with Crippen LogP contribution in [0.2, 0.25) is 0 Å². The summed E-state index contributed by atoms with van der Waals surface area (Å²) in [6, 6.07) is -1.47. The first-order chi connectivity index (χ1) is 22.3. The molecule has 272 valence electrons. The second-order valence-electron chi connectivity index (χ2n) is 13.3. The van der Waals surface area contributed by atoms with Crippen LogP contribution in [0, 0.1) is 0 Å². The quantitative estimate of drug-likeness (QED) is 0.0267. The minimum atomic E-state index is -2.21. The second-order valence-corrected chi connectivity index (χ2v) is 13.9. The van der Waals surface area contributed by atoms with Crippen LogP contribution in [0.4, 0.5) is 0 Å². The van der Waals surface area contributed by atoms with E-state index in [-0.39, 0.29) is 12.8 Å². The second kappa shape index (κ2) is 32.3. The largest absolute Gasteiger partial charge is 0.480 e. The summed E-state index contributed by atoms with van der Waals surface area (Å²) in [5.74, 6) is -2.49. The minimum absolute atomic E-state index is 0.136. The van der Waals surface area contributed by atoms with Crippen molar-refractivity contribution in [3.63, 3.8) is 0 Å². The van der Waals surface area contributed by atoms with E-state index in [0.29, 0.717) is 25.8 Å². The predicted molar refractivity (Wildman–Crippen MR) is 194 cm³/mol. The summed E-state index contributed by atoms with van der Waals surface area (Å²) in [6.07, 6.45) is 32.1. The van der Waals surface area contributed by atoms with E-state index in [9.17, 15) is 19.5 Å². The van der Waals surface area contributed by atoms with Crippen molar-refractivity contribution in [1.29, 1.82) is 0 Å². The Bertz CT molecular complexity index is 690. The molecule has 7 nitrogen and oxygen atoms in total. The van der Waals surface area contributed by atoms with E-state index in [1.54, 1.807) is 0 Å². The summed E-state index contributed by atoms with van der Waals surface area (Å²) in [5.41, 5.74) is 0. The van der Waals surface area contributed by atoms with Crippen LogP contribution < -0.4 is 5.32 Å². The van der Waals surface area contributed by atoms with Gasteiger partial charge in [-0.3, -0.25) is 19.7 Å². The van der Waals surface area contributed by atoms with Crippen LogP contribution in [0.25, 0.3) is 0 Å². The number of nitrogens with one attached hydrogen (secondary N) is 1. The fourth-order valence-corrected chi connectivity index (χ4v) is 6.21. The van der Waals surface area contributed by atoms with E-state index >= 15 is 0 Å². The van der Waals surface area contributed by atoms with Gasteiger partial charge < -0.3 is 14.6 Å². The fourth-order valence-electron chi connectivity index (χ4n) is 5.80. The first kappa shape index (κ1) is 44.7. The van der Waals surface area contributed by atoms with E-state index in [1.807, 2.05) is 6.92 Å². The van der Waals surface area contributed by atoms with Gasteiger partial charge in [0, 0.05) is 12.8 Å². The average molecular weight is 672 g/mol. The molecule has 0 rings (SSSR count). The molecule has 0 aromatic heterocycles. The summed E-state index contributed by atoms with van der Waals surface area (Å²) in [7, 11) is 0. The molecule has 0 aliphatic rings. The summed E-state index contributed by atoms with van der Waals surface area (Å²) in [4.78, 5) is 37.6. The number of carboxylic acids is 1. The lowest BCUT2D eigenvalue weighted by molar-refractivity contribution is -0.206. The SMILES string of the molecule is CCCCCCCCCCCCCCCC(=O)OC(S)(OC(=O)CCCCCCCCCCCCCCC)[C@H](NCCC)C(=O)O. The Morgan fingerprint density at radius 3 is 1.07 bits per heavy atom. The van der Waals surface area contributed by atoms with Gasteiger partial charge in [-0.1, -0.05) is 187 Å². The zero-order valence-corrected chi connectivity index (χ0v) is 31.1. The van der Waals surface area contributed by atoms with Crippen LogP contribution >= 0.6 is 12.6 Å². The molecule has 1 atom stereocenters. The Morgan fingerprint density at radius 1 is 0.522 bits per heavy atom. The highest BCUT2D eigenvalue weighted by Gasteiger charge is 2.47. The van der Waals surface area contributed by atoms with Crippen LogP contribution in [0.15, 0.2) is 0 Å². The van der Waals surface area contributed by atoms with Crippen LogP contribution in [0.3, 0.4) is 0 Å². The number of aliphatic carboxylic acids is 1. The Morgan fingerprint density at radius 2 is 0.804 bits per heavy atom. The van der Waals surface area contributed by atoms with Crippen molar-refractivity contribution < 1.29 is 29.0 Å². The zero-order chi connectivity index (χ0) is 34.1. The lowest BCUT2D eigenvalue weighted by Gasteiger charge is -2.33. The monoisotopic (exact) mass is 672 g/mol. The molecule has 0 aliphatic carbocycles. The summed E-state index contributed by atoms with van der Waals surface area (Å²) < 4.78 is 11.0. The molecule has 2 N–H and O–H groups in total. The van der Waals surface area contributed by atoms with Crippen molar-refractivity contribution in [3.05, 3.63) is 0 Å². The summed E-state index contributed by atoms with van der Waals surface area (Å²) in [5, 5.41) is 10.5. The van der Waals surface area contributed by atoms with Gasteiger partial charge in [0.2, 0.25) is 0 Å². The third-order valence-electron chi connectivity index (χ3n) is 8.70. The van der Waals surface area contributed by atoms with Gasteiger partial charge >= 0.3 is 23.0 Å². The van der Waals surface area contributed by atoms with Crippen molar-refractivity contribution in [1.82, 2.24) is 5.32 Å². The molecule has 0 bridgehead atoms. The van der Waals surface area contributed by atoms with Gasteiger partial charge in [0.25, 0.3) is 0 Å². The van der Waals surface area contributed by atoms with Gasteiger partial charge in [-0.2, -0.15) is 0 Å². The molecule has 46 heavy (non-hydrogen) atoms. The van der Waals surface area contributed by atoms with Gasteiger partial charge in [-0.15, -0.1) is 0 Å². The van der Waals surface area contributed by atoms with Gasteiger partial charge in [0.05, 0.1) is 0 Å². The van der Waals surface area contributed by atoms with Crippen molar-refractivity contribution in [2.24, 2.45) is 0 Å². The summed E-state index contributed by atoms with van der Waals surface area (Å²) in [6.45, 7) is 6.74. The average Bonchev–Trinajstić information content (AvgIpc) is 3.01. The Labute approximate surface area is 288 Å². The van der Waals surface area contributed by atoms with Crippen molar-refractivity contribution in [2.45, 2.75) is 218 Å². The number of hydrogen-bond donors (Lipinski definition) is 3. The predicted octanol–water partition coefficient (Wildman–Crippen LogP) is 11.1. The van der Waals surface area contributed by atoms with Gasteiger partial charge in [-0.25, -0.2) is 0 Å². The zero-order valence-electron chi connectivity index (χ0n) is 30.2. The molecule has 0 saturated carbocycles. The number of carbonyl (C=O) groups excluding carboxylic acids is 2. The third kappa shape index (κ3) is 26.8. The molecule has 8 heteroatoms. The van der Waals surface area contributed by atoms with E-state index < -0.39 is 29.1 Å². The van der Waals surface area contributed by atoms with E-state index in [2.05, 4.69) is 31.8 Å². The van der Waals surface area contributed by atoms with Gasteiger partial charge in [0.1, 0.15) is 0 Å². The maximum absolute atomic E-state index is 12.7. The number of rotatable bonds is 35. The maximum atomic E-state index is 12.7. The van der Waals surface area contributed by atoms with Crippen LogP contribution in [-0.2, 0) is 23.9 Å². The molecule has 0 unspecified atom stereocenters. The highest BCUT2D eigenvalue weighted by molar-refractivity contribution is 7.81. The topological polar surface area (TPSA) is 102 Å². The first-order valence-corrected chi connectivity index (χ1v) is 19.9. The normalized spacial score (nSPS) is 12.3. The first-order valence-electron chi connectivity index (χ1n) is 19.4. The molecule has 0 saturated heterocycles. The van der Waals surface area contributed by atoms with Crippen molar-refractivity contribution in [2.75, 3.05) is 6.54 Å². The molecule has 0 fully saturated rings. The number of unbranched alkanes of at least 4 members (excludes halogenated alkanes) is 24. The number of ether oxygens (including phenoxy) is 2. The van der Waals surface area contributed by atoms with Crippen LogP contribution in [0.5, 0.6) is 0 Å². The van der Waals surface area contributed by atoms with Gasteiger partial charge in [-0.05, 0) is 25.8 Å². The highest BCUT2D eigenvalue weighted by Crippen LogP contribution is 2.27. The molecule has 0 aromatic carbocycles. The molecule has 0 aliphatic heterocycles. The lowest BCUT2D eigenvalue weighted by atomic mass is 10.0. The Kier molecular flexibility index (Phi) is 31.4. The number of carboxylic acid groups (broad SMARTS) is 1. The minimum Gasteiger partial charge on any atom is -0.480 e. The number of hydrogen-bond acceptors (Lipinski definition) is 7. The number of esters is 2. The van der Waals surface area contributed by atoms with E-state index in [0.717, 1.165) is 38.5 Å². The number of carbonyl (C=O) groups is 3. The summed E-state index contributed by atoms with van der Waals surface area (Å²) >= 11 is 4.36. The third-order valence-corrected chi connectivity index (χ3v) is 9.14. The molecule has 0 heterocycles. The molecular weight excluding hydrogens is 598 g/mol. The highest BCUT2D eigenvalue weighted by atomic mass is 32.1. The van der Waals surface area contributed by atoms with Gasteiger partial charge in [0.15, 0.2) is 6.04 Å². The fraction of sp³-hybridized carbons (Fsp3) is 0.921. The standard InChI is InChI=1S/C38H73NO6S/c1-4-7-9-11-13-15-17-19-21-23-25-27-29-31-34(40)44-38(46,36(37(42)43)39-33-6-3)45-35(41)32-30-28-26-24-22-20-18-16-14-12-10-8-5-2/h36,39,46H,4-33H2,1-3H3,(H,42,43)/t36-/m1/s1. The Balaban J connectivity index is 4.39. The smallest absolute Gasteiger partial charge is 0.330 e. The van der Waals surface area contributed by atoms with Crippen LogP contribution in [0.1, 0.15) is 207 Å². The van der Waals surface area contributed by atoms with E-state index in [4.69, 9.17) is 9.47 Å². The van der Waals surface area contributed by atoms with E-state index in [1.165, 1.54) is 116 Å².